The number of nitrogens with one attached hydrogen (secondary N) is 1. The quantitative estimate of drug-likeness (QED) is 0.821. The summed E-state index contributed by atoms with van der Waals surface area (Å²) in [5, 5.41) is 2.80. The molecular weight excluding hydrogens is 378 g/mol. The SMILES string of the molecule is CN(C)S(=O)(=O)c1cccc(NC(=O)N2CCN(Cc3cccnc3)CC2)c1. The first-order valence-corrected chi connectivity index (χ1v) is 10.5. The normalized spacial score (nSPS) is 15.6. The van der Waals surface area contributed by atoms with Gasteiger partial charge in [0.05, 0.1) is 4.90 Å². The molecule has 0 aliphatic carbocycles. The fourth-order valence-corrected chi connectivity index (χ4v) is 3.95. The molecule has 3 rings (SSSR count). The largest absolute Gasteiger partial charge is 0.322 e. The van der Waals surface area contributed by atoms with Crippen LogP contribution in [0.4, 0.5) is 10.5 Å². The van der Waals surface area contributed by atoms with E-state index in [9.17, 15) is 13.2 Å². The van der Waals surface area contributed by atoms with E-state index in [1.54, 1.807) is 23.2 Å². The minimum atomic E-state index is -3.54. The van der Waals surface area contributed by atoms with Gasteiger partial charge in [0.2, 0.25) is 10.0 Å². The van der Waals surface area contributed by atoms with Crippen LogP contribution in [-0.4, -0.2) is 73.8 Å². The first-order chi connectivity index (χ1) is 13.4. The first-order valence-electron chi connectivity index (χ1n) is 9.06. The number of hydrogen-bond donors (Lipinski definition) is 1. The molecule has 150 valence electrons. The lowest BCUT2D eigenvalue weighted by atomic mass is 10.2. The van der Waals surface area contributed by atoms with Crippen LogP contribution in [0, 0.1) is 0 Å². The molecule has 2 aromatic rings. The van der Waals surface area contributed by atoms with Crippen molar-refractivity contribution in [1.82, 2.24) is 19.1 Å². The summed E-state index contributed by atoms with van der Waals surface area (Å²) in [4.78, 5) is 20.9. The smallest absolute Gasteiger partial charge is 0.321 e. The zero-order valence-electron chi connectivity index (χ0n) is 16.1. The molecule has 1 aromatic carbocycles. The first kappa shape index (κ1) is 20.2. The molecule has 0 unspecified atom stereocenters. The van der Waals surface area contributed by atoms with Gasteiger partial charge in [-0.05, 0) is 29.8 Å². The second kappa shape index (κ2) is 8.68. The molecule has 1 aromatic heterocycles. The van der Waals surface area contributed by atoms with E-state index in [4.69, 9.17) is 0 Å². The number of anilines is 1. The van der Waals surface area contributed by atoms with Crippen molar-refractivity contribution >= 4 is 21.7 Å². The second-order valence-corrected chi connectivity index (χ2v) is 9.02. The van der Waals surface area contributed by atoms with Crippen molar-refractivity contribution in [1.29, 1.82) is 0 Å². The fraction of sp³-hybridized carbons (Fsp3) is 0.368. The number of sulfonamides is 1. The van der Waals surface area contributed by atoms with Crippen LogP contribution in [0.3, 0.4) is 0 Å². The maximum Gasteiger partial charge on any atom is 0.321 e. The number of benzene rings is 1. The summed E-state index contributed by atoms with van der Waals surface area (Å²) in [6, 6.07) is 10.0. The molecule has 1 fully saturated rings. The van der Waals surface area contributed by atoms with Crippen LogP contribution in [-0.2, 0) is 16.6 Å². The van der Waals surface area contributed by atoms with Crippen LogP contribution < -0.4 is 5.32 Å². The van der Waals surface area contributed by atoms with Crippen LogP contribution in [0.5, 0.6) is 0 Å². The van der Waals surface area contributed by atoms with Gasteiger partial charge in [0.25, 0.3) is 0 Å². The van der Waals surface area contributed by atoms with Crippen LogP contribution in [0.2, 0.25) is 0 Å². The highest BCUT2D eigenvalue weighted by Gasteiger charge is 2.22. The summed E-state index contributed by atoms with van der Waals surface area (Å²) in [6.07, 6.45) is 3.61. The topological polar surface area (TPSA) is 85.8 Å². The van der Waals surface area contributed by atoms with Crippen LogP contribution >= 0.6 is 0 Å². The zero-order chi connectivity index (χ0) is 20.1. The average Bonchev–Trinajstić information content (AvgIpc) is 2.69. The number of rotatable bonds is 5. The van der Waals surface area contributed by atoms with Crippen molar-refractivity contribution in [2.75, 3.05) is 45.6 Å². The van der Waals surface area contributed by atoms with Gasteiger partial charge in [-0.1, -0.05) is 12.1 Å². The number of amides is 2. The van der Waals surface area contributed by atoms with E-state index in [0.717, 1.165) is 29.5 Å². The maximum absolute atomic E-state index is 12.6. The third-order valence-corrected chi connectivity index (χ3v) is 6.46. The van der Waals surface area contributed by atoms with Gasteiger partial charge in [0.1, 0.15) is 0 Å². The summed E-state index contributed by atoms with van der Waals surface area (Å²) in [7, 11) is -0.585. The van der Waals surface area contributed by atoms with Crippen molar-refractivity contribution in [2.24, 2.45) is 0 Å². The van der Waals surface area contributed by atoms with Crippen molar-refractivity contribution in [3.63, 3.8) is 0 Å². The summed E-state index contributed by atoms with van der Waals surface area (Å²) < 4.78 is 25.6. The van der Waals surface area contributed by atoms with Crippen molar-refractivity contribution in [3.8, 4) is 0 Å². The Labute approximate surface area is 165 Å². The Bertz CT molecular complexity index is 910. The molecule has 0 bridgehead atoms. The number of carbonyl (C=O) groups excluding carboxylic acids is 1. The molecule has 1 N–H and O–H groups in total. The molecule has 8 nitrogen and oxygen atoms in total. The Hall–Kier alpha value is -2.49. The summed E-state index contributed by atoms with van der Waals surface area (Å²) in [6.45, 7) is 3.59. The third kappa shape index (κ3) is 4.86. The van der Waals surface area contributed by atoms with E-state index in [1.807, 2.05) is 18.3 Å². The molecule has 9 heteroatoms. The number of aromatic nitrogens is 1. The molecule has 0 saturated carbocycles. The summed E-state index contributed by atoms with van der Waals surface area (Å²) in [5.74, 6) is 0. The maximum atomic E-state index is 12.6. The predicted molar refractivity (Wildman–Crippen MR) is 107 cm³/mol. The van der Waals surface area contributed by atoms with Crippen molar-refractivity contribution in [2.45, 2.75) is 11.4 Å². The number of carbonyl (C=O) groups is 1. The van der Waals surface area contributed by atoms with Crippen molar-refractivity contribution < 1.29 is 13.2 Å². The number of piperazine rings is 1. The van der Waals surface area contributed by atoms with E-state index in [-0.39, 0.29) is 10.9 Å². The second-order valence-electron chi connectivity index (χ2n) is 6.87. The van der Waals surface area contributed by atoms with Gasteiger partial charge in [0.15, 0.2) is 0 Å². The number of hydrogen-bond acceptors (Lipinski definition) is 5. The molecule has 0 atom stereocenters. The van der Waals surface area contributed by atoms with Gasteiger partial charge >= 0.3 is 6.03 Å². The summed E-state index contributed by atoms with van der Waals surface area (Å²) >= 11 is 0. The Morgan fingerprint density at radius 2 is 1.89 bits per heavy atom. The highest BCUT2D eigenvalue weighted by Crippen LogP contribution is 2.18. The molecule has 28 heavy (non-hydrogen) atoms. The van der Waals surface area contributed by atoms with Gasteiger partial charge in [-0.3, -0.25) is 9.88 Å². The van der Waals surface area contributed by atoms with Crippen molar-refractivity contribution in [3.05, 3.63) is 54.4 Å². The lowest BCUT2D eigenvalue weighted by Crippen LogP contribution is -2.49. The van der Waals surface area contributed by atoms with Gasteiger partial charge < -0.3 is 10.2 Å². The lowest BCUT2D eigenvalue weighted by Gasteiger charge is -2.34. The Morgan fingerprint density at radius 1 is 1.14 bits per heavy atom. The lowest BCUT2D eigenvalue weighted by molar-refractivity contribution is 0.143. The third-order valence-electron chi connectivity index (χ3n) is 4.65. The molecule has 2 amide bonds. The van der Waals surface area contributed by atoms with Gasteiger partial charge in [-0.25, -0.2) is 17.5 Å². The molecule has 1 aliphatic heterocycles. The Morgan fingerprint density at radius 3 is 2.54 bits per heavy atom. The van der Waals surface area contributed by atoms with E-state index in [2.05, 4.69) is 15.2 Å². The minimum absolute atomic E-state index is 0.150. The van der Waals surface area contributed by atoms with E-state index >= 15 is 0 Å². The predicted octanol–water partition coefficient (Wildman–Crippen LogP) is 1.68. The Balaban J connectivity index is 1.56. The number of urea groups is 1. The van der Waals surface area contributed by atoms with E-state index < -0.39 is 10.0 Å². The number of pyridine rings is 1. The molecule has 1 aliphatic rings. The standard InChI is InChI=1S/C19H25N5O3S/c1-22(2)28(26,27)18-7-3-6-17(13-18)21-19(25)24-11-9-23(10-12-24)15-16-5-4-8-20-14-16/h3-8,13-14H,9-12,15H2,1-2H3,(H,21,25). The highest BCUT2D eigenvalue weighted by molar-refractivity contribution is 7.89. The van der Waals surface area contributed by atoms with Crippen LogP contribution in [0.15, 0.2) is 53.7 Å². The number of nitrogens with zero attached hydrogens (tertiary/aromatic N) is 4. The minimum Gasteiger partial charge on any atom is -0.322 e. The Kier molecular flexibility index (Phi) is 6.28. The van der Waals surface area contributed by atoms with Gasteiger partial charge in [0, 0.05) is 64.9 Å². The van der Waals surface area contributed by atoms with Crippen LogP contribution in [0.1, 0.15) is 5.56 Å². The fourth-order valence-electron chi connectivity index (χ4n) is 3.01. The molecule has 1 saturated heterocycles. The molecule has 0 spiro atoms. The average molecular weight is 404 g/mol. The van der Waals surface area contributed by atoms with Gasteiger partial charge in [-0.2, -0.15) is 0 Å². The highest BCUT2D eigenvalue weighted by atomic mass is 32.2. The molecule has 0 radical (unpaired) electrons. The monoisotopic (exact) mass is 403 g/mol. The molecule has 2 heterocycles. The summed E-state index contributed by atoms with van der Waals surface area (Å²) in [5.41, 5.74) is 1.62. The van der Waals surface area contributed by atoms with E-state index in [1.165, 1.54) is 26.2 Å². The van der Waals surface area contributed by atoms with E-state index in [0.29, 0.717) is 18.8 Å². The van der Waals surface area contributed by atoms with Crippen LogP contribution in [0.25, 0.3) is 0 Å². The zero-order valence-corrected chi connectivity index (χ0v) is 16.9. The van der Waals surface area contributed by atoms with Gasteiger partial charge in [-0.15, -0.1) is 0 Å². The molecular formula is C19H25N5O3S.